The zero-order chi connectivity index (χ0) is 18.8. The number of allylic oxidation sites excluding steroid dienone is 2. The summed E-state index contributed by atoms with van der Waals surface area (Å²) in [5.41, 5.74) is -0.353. The highest BCUT2D eigenvalue weighted by Crippen LogP contribution is 2.38. The van der Waals surface area contributed by atoms with Crippen LogP contribution in [0.1, 0.15) is 18.4 Å². The maximum atomic E-state index is 11.5. The lowest BCUT2D eigenvalue weighted by Crippen LogP contribution is -2.37. The molecule has 0 aliphatic heterocycles. The molecule has 136 valence electrons. The maximum Gasteiger partial charge on any atom is 0.427 e. The number of ketones is 1. The van der Waals surface area contributed by atoms with Crippen molar-refractivity contribution in [2.45, 2.75) is 25.0 Å². The normalized spacial score (nSPS) is 16.0. The van der Waals surface area contributed by atoms with E-state index in [2.05, 4.69) is 0 Å². The Morgan fingerprint density at radius 1 is 1.12 bits per heavy atom. The molecular formula is C15H18NO8P. The number of hydrogen-bond acceptors (Lipinski definition) is 6. The van der Waals surface area contributed by atoms with Crippen molar-refractivity contribution < 1.29 is 39.6 Å². The third-order valence-electron chi connectivity index (χ3n) is 3.59. The number of phenolic OH excluding ortho intramolecular Hbond substituents is 1. The van der Waals surface area contributed by atoms with Crippen molar-refractivity contribution in [3.63, 3.8) is 0 Å². The van der Waals surface area contributed by atoms with Crippen molar-refractivity contribution in [2.75, 3.05) is 0 Å². The van der Waals surface area contributed by atoms with Crippen LogP contribution in [0.15, 0.2) is 47.4 Å². The molecule has 1 aromatic carbocycles. The average molecular weight is 371 g/mol. The number of aliphatic hydroxyl groups excluding tert-OH is 1. The van der Waals surface area contributed by atoms with E-state index in [0.29, 0.717) is 5.56 Å². The maximum absolute atomic E-state index is 11.5. The first-order valence-electron chi connectivity index (χ1n) is 7.22. The van der Waals surface area contributed by atoms with Crippen LogP contribution in [0.4, 0.5) is 0 Å². The van der Waals surface area contributed by atoms with Gasteiger partial charge in [-0.2, -0.15) is 0 Å². The van der Waals surface area contributed by atoms with Gasteiger partial charge in [-0.25, -0.2) is 4.57 Å². The zero-order valence-electron chi connectivity index (χ0n) is 13.0. The van der Waals surface area contributed by atoms with Crippen LogP contribution in [-0.4, -0.2) is 41.8 Å². The molecule has 9 nitrogen and oxygen atoms in total. The van der Waals surface area contributed by atoms with Gasteiger partial charge in [0.15, 0.2) is 11.6 Å². The molecule has 0 radical (unpaired) electrons. The number of rotatable bonds is 6. The molecule has 0 spiro atoms. The first-order chi connectivity index (χ1) is 11.5. The number of carbonyl (C=O) groups is 1. The van der Waals surface area contributed by atoms with E-state index in [9.17, 15) is 29.8 Å². The van der Waals surface area contributed by atoms with Crippen LogP contribution in [0, 0.1) is 0 Å². The number of nitrogens with one attached hydrogen (secondary N) is 1. The van der Waals surface area contributed by atoms with Gasteiger partial charge in [-0.15, -0.1) is 0 Å². The number of aliphatic hydroxyl groups is 3. The Balaban J connectivity index is 2.29. The molecule has 0 aromatic heterocycles. The van der Waals surface area contributed by atoms with Gasteiger partial charge in [-0.05, 0) is 24.1 Å². The van der Waals surface area contributed by atoms with Crippen LogP contribution in [0.3, 0.4) is 0 Å². The standard InChI is InChI=1S/C15H18NO8P/c17-10-3-1-9(2-4-10)5-6-15(20,21)14-12(16-25(22,23)24)7-11(18)8-13(14)19/h1-4,8,17,19-21H,5-7H2,(H3,16,22,23,24). The Bertz CT molecular complexity index is 775. The number of benzene rings is 1. The highest BCUT2D eigenvalue weighted by Gasteiger charge is 2.38. The molecule has 10 heteroatoms. The third kappa shape index (κ3) is 5.15. The Labute approximate surface area is 142 Å². The molecule has 0 atom stereocenters. The second-order valence-corrected chi connectivity index (χ2v) is 6.98. The third-order valence-corrected chi connectivity index (χ3v) is 4.15. The fourth-order valence-electron chi connectivity index (χ4n) is 2.52. The lowest BCUT2D eigenvalue weighted by Gasteiger charge is -2.29. The number of hydrogen-bond donors (Lipinski definition) is 7. The Morgan fingerprint density at radius 2 is 1.72 bits per heavy atom. The lowest BCUT2D eigenvalue weighted by molar-refractivity contribution is -0.134. The Hall–Kier alpha value is -2.16. The number of phenols is 1. The molecule has 1 aliphatic carbocycles. The van der Waals surface area contributed by atoms with Gasteiger partial charge in [0.25, 0.3) is 0 Å². The molecule has 7 N–H and O–H groups in total. The first-order valence-corrected chi connectivity index (χ1v) is 8.83. The van der Waals surface area contributed by atoms with Crippen LogP contribution in [0.25, 0.3) is 0 Å². The lowest BCUT2D eigenvalue weighted by atomic mass is 9.90. The fraction of sp³-hybridized carbons (Fsp3) is 0.267. The number of carbonyl (C=O) groups excluding carboxylic acids is 1. The van der Waals surface area contributed by atoms with Crippen molar-refractivity contribution >= 4 is 13.5 Å². The summed E-state index contributed by atoms with van der Waals surface area (Å²) in [4.78, 5) is 29.6. The summed E-state index contributed by atoms with van der Waals surface area (Å²) in [6, 6.07) is 5.97. The minimum absolute atomic E-state index is 0.0465. The van der Waals surface area contributed by atoms with Crippen LogP contribution >= 0.6 is 7.75 Å². The molecule has 0 unspecified atom stereocenters. The summed E-state index contributed by atoms with van der Waals surface area (Å²) < 4.78 is 11.1. The monoisotopic (exact) mass is 371 g/mol. The molecule has 0 saturated heterocycles. The minimum Gasteiger partial charge on any atom is -0.508 e. The molecular weight excluding hydrogens is 353 g/mol. The highest BCUT2D eigenvalue weighted by molar-refractivity contribution is 7.49. The van der Waals surface area contributed by atoms with Gasteiger partial charge in [-0.3, -0.25) is 9.88 Å². The zero-order valence-corrected chi connectivity index (χ0v) is 13.8. The van der Waals surface area contributed by atoms with Gasteiger partial charge in [0, 0.05) is 18.2 Å². The smallest absolute Gasteiger partial charge is 0.427 e. The molecule has 0 fully saturated rings. The summed E-state index contributed by atoms with van der Waals surface area (Å²) in [6.45, 7) is 0. The van der Waals surface area contributed by atoms with Gasteiger partial charge < -0.3 is 30.2 Å². The molecule has 2 rings (SSSR count). The van der Waals surface area contributed by atoms with Crippen LogP contribution in [0.2, 0.25) is 0 Å². The van der Waals surface area contributed by atoms with Crippen molar-refractivity contribution in [3.05, 3.63) is 52.9 Å². The topological polar surface area (TPSA) is 168 Å². The van der Waals surface area contributed by atoms with Gasteiger partial charge in [-0.1, -0.05) is 12.1 Å². The second-order valence-electron chi connectivity index (χ2n) is 5.67. The van der Waals surface area contributed by atoms with E-state index in [-0.39, 0.29) is 18.6 Å². The van der Waals surface area contributed by atoms with Gasteiger partial charge in [0.2, 0.25) is 0 Å². The molecule has 0 amide bonds. The average Bonchev–Trinajstić information content (AvgIpc) is 2.43. The molecule has 0 heterocycles. The Kier molecular flexibility index (Phi) is 5.36. The molecule has 1 aliphatic rings. The van der Waals surface area contributed by atoms with Crippen LogP contribution < -0.4 is 5.09 Å². The predicted octanol–water partition coefficient (Wildman–Crippen LogP) is 0.357. The summed E-state index contributed by atoms with van der Waals surface area (Å²) in [6.07, 6.45) is 0.0429. The van der Waals surface area contributed by atoms with Crippen molar-refractivity contribution in [3.8, 4) is 5.75 Å². The molecule has 0 saturated carbocycles. The Morgan fingerprint density at radius 3 is 2.28 bits per heavy atom. The summed E-state index contributed by atoms with van der Waals surface area (Å²) in [5.74, 6) is -4.02. The van der Waals surface area contributed by atoms with Crippen molar-refractivity contribution in [2.24, 2.45) is 0 Å². The number of aromatic hydroxyl groups is 1. The number of aryl methyl sites for hydroxylation is 1. The van der Waals surface area contributed by atoms with Crippen molar-refractivity contribution in [1.29, 1.82) is 0 Å². The van der Waals surface area contributed by atoms with E-state index in [1.807, 2.05) is 0 Å². The van der Waals surface area contributed by atoms with E-state index in [1.54, 1.807) is 17.2 Å². The SMILES string of the molecule is O=C1C=C(O)C(C(O)(O)CCc2ccc(O)cc2)=C(NP(=O)(O)O)C1. The second kappa shape index (κ2) is 6.99. The van der Waals surface area contributed by atoms with Crippen LogP contribution in [-0.2, 0) is 15.8 Å². The molecule has 25 heavy (non-hydrogen) atoms. The van der Waals surface area contributed by atoms with E-state index < -0.39 is 42.8 Å². The van der Waals surface area contributed by atoms with E-state index in [4.69, 9.17) is 9.79 Å². The first kappa shape index (κ1) is 19.2. The fourth-order valence-corrected chi connectivity index (χ4v) is 3.06. The minimum atomic E-state index is -4.83. The van der Waals surface area contributed by atoms with E-state index in [0.717, 1.165) is 6.08 Å². The van der Waals surface area contributed by atoms with Crippen LogP contribution in [0.5, 0.6) is 5.75 Å². The summed E-state index contributed by atoms with van der Waals surface area (Å²) >= 11 is 0. The largest absolute Gasteiger partial charge is 0.508 e. The van der Waals surface area contributed by atoms with Gasteiger partial charge in [0.1, 0.15) is 11.5 Å². The quantitative estimate of drug-likeness (QED) is 0.276. The van der Waals surface area contributed by atoms with E-state index >= 15 is 0 Å². The summed E-state index contributed by atoms with van der Waals surface area (Å²) in [5, 5.41) is 41.5. The van der Waals surface area contributed by atoms with Gasteiger partial charge >= 0.3 is 7.75 Å². The van der Waals surface area contributed by atoms with Gasteiger partial charge in [0.05, 0.1) is 12.0 Å². The predicted molar refractivity (Wildman–Crippen MR) is 86.1 cm³/mol. The van der Waals surface area contributed by atoms with E-state index in [1.165, 1.54) is 12.1 Å². The highest BCUT2D eigenvalue weighted by atomic mass is 31.2. The molecule has 0 bridgehead atoms. The molecule has 1 aromatic rings. The van der Waals surface area contributed by atoms with Crippen molar-refractivity contribution in [1.82, 2.24) is 5.09 Å². The summed E-state index contributed by atoms with van der Waals surface area (Å²) in [7, 11) is -4.83.